The molecule has 0 fully saturated rings. The van der Waals surface area contributed by atoms with Gasteiger partial charge in [0, 0.05) is 24.0 Å². The number of nitrogens with zero attached hydrogens (tertiary/aromatic N) is 1. The SMILES string of the molecule is NCc1cnccc1-c1ccc(Cl)cc1. The number of nitrogens with two attached hydrogens (primary N) is 1. The monoisotopic (exact) mass is 218 g/mol. The molecular weight excluding hydrogens is 208 g/mol. The van der Waals surface area contributed by atoms with Crippen LogP contribution in [0.15, 0.2) is 42.7 Å². The van der Waals surface area contributed by atoms with Gasteiger partial charge in [-0.2, -0.15) is 0 Å². The Balaban J connectivity index is 2.49. The Bertz CT molecular complexity index is 451. The van der Waals surface area contributed by atoms with E-state index in [2.05, 4.69) is 4.98 Å². The third-order valence-electron chi connectivity index (χ3n) is 2.28. The molecule has 0 unspecified atom stereocenters. The zero-order chi connectivity index (χ0) is 10.7. The van der Waals surface area contributed by atoms with E-state index in [1.54, 1.807) is 12.4 Å². The molecule has 0 saturated heterocycles. The zero-order valence-electron chi connectivity index (χ0n) is 8.15. The molecule has 0 radical (unpaired) electrons. The molecule has 76 valence electrons. The first-order valence-corrected chi connectivity index (χ1v) is 5.08. The highest BCUT2D eigenvalue weighted by Crippen LogP contribution is 2.23. The van der Waals surface area contributed by atoms with Gasteiger partial charge in [0.25, 0.3) is 0 Å². The van der Waals surface area contributed by atoms with Crippen LogP contribution in [0.2, 0.25) is 5.02 Å². The molecule has 0 aliphatic rings. The highest BCUT2D eigenvalue weighted by molar-refractivity contribution is 6.30. The maximum absolute atomic E-state index is 5.84. The van der Waals surface area contributed by atoms with Crippen molar-refractivity contribution in [1.29, 1.82) is 0 Å². The maximum atomic E-state index is 5.84. The van der Waals surface area contributed by atoms with Gasteiger partial charge < -0.3 is 5.73 Å². The molecule has 2 nitrogen and oxygen atoms in total. The molecule has 2 N–H and O–H groups in total. The van der Waals surface area contributed by atoms with E-state index in [4.69, 9.17) is 17.3 Å². The Labute approximate surface area is 93.7 Å². The molecule has 1 aromatic carbocycles. The van der Waals surface area contributed by atoms with Crippen LogP contribution in [0.3, 0.4) is 0 Å². The number of benzene rings is 1. The lowest BCUT2D eigenvalue weighted by molar-refractivity contribution is 1.05. The largest absolute Gasteiger partial charge is 0.326 e. The number of rotatable bonds is 2. The molecule has 1 aromatic heterocycles. The van der Waals surface area contributed by atoms with Gasteiger partial charge >= 0.3 is 0 Å². The normalized spacial score (nSPS) is 10.3. The average Bonchev–Trinajstić information content (AvgIpc) is 2.30. The molecule has 1 heterocycles. The summed E-state index contributed by atoms with van der Waals surface area (Å²) in [4.78, 5) is 4.05. The minimum absolute atomic E-state index is 0.492. The first-order valence-electron chi connectivity index (χ1n) is 4.70. The van der Waals surface area contributed by atoms with Gasteiger partial charge in [-0.05, 0) is 34.9 Å². The van der Waals surface area contributed by atoms with Crippen molar-refractivity contribution < 1.29 is 0 Å². The Morgan fingerprint density at radius 1 is 1.13 bits per heavy atom. The van der Waals surface area contributed by atoms with Crippen molar-refractivity contribution in [3.05, 3.63) is 53.3 Å². The molecule has 3 heteroatoms. The Hall–Kier alpha value is -1.38. The lowest BCUT2D eigenvalue weighted by Crippen LogP contribution is -1.99. The van der Waals surface area contributed by atoms with E-state index in [9.17, 15) is 0 Å². The number of hydrogen-bond acceptors (Lipinski definition) is 2. The van der Waals surface area contributed by atoms with Gasteiger partial charge in [-0.1, -0.05) is 23.7 Å². The minimum Gasteiger partial charge on any atom is -0.326 e. The van der Waals surface area contributed by atoms with Crippen LogP contribution >= 0.6 is 11.6 Å². The summed E-state index contributed by atoms with van der Waals surface area (Å²) in [7, 11) is 0. The molecule has 0 amide bonds. The third-order valence-corrected chi connectivity index (χ3v) is 2.53. The number of hydrogen-bond donors (Lipinski definition) is 1. The van der Waals surface area contributed by atoms with E-state index in [1.807, 2.05) is 30.3 Å². The fourth-order valence-electron chi connectivity index (χ4n) is 1.50. The van der Waals surface area contributed by atoms with Crippen LogP contribution in [-0.4, -0.2) is 4.98 Å². The summed E-state index contributed by atoms with van der Waals surface area (Å²) < 4.78 is 0. The van der Waals surface area contributed by atoms with Crippen LogP contribution in [0.1, 0.15) is 5.56 Å². The molecule has 0 aliphatic carbocycles. The fourth-order valence-corrected chi connectivity index (χ4v) is 1.63. The van der Waals surface area contributed by atoms with Crippen LogP contribution in [0, 0.1) is 0 Å². The fraction of sp³-hybridized carbons (Fsp3) is 0.0833. The van der Waals surface area contributed by atoms with Crippen molar-refractivity contribution in [2.24, 2.45) is 5.73 Å². The average molecular weight is 219 g/mol. The topological polar surface area (TPSA) is 38.9 Å². The quantitative estimate of drug-likeness (QED) is 0.842. The predicted molar refractivity (Wildman–Crippen MR) is 62.6 cm³/mol. The van der Waals surface area contributed by atoms with E-state index < -0.39 is 0 Å². The zero-order valence-corrected chi connectivity index (χ0v) is 8.91. The highest BCUT2D eigenvalue weighted by Gasteiger charge is 2.02. The summed E-state index contributed by atoms with van der Waals surface area (Å²) in [6.45, 7) is 0.492. The molecule has 0 bridgehead atoms. The smallest absolute Gasteiger partial charge is 0.0406 e. The number of aromatic nitrogens is 1. The second-order valence-corrected chi connectivity index (χ2v) is 3.68. The van der Waals surface area contributed by atoms with Gasteiger partial charge in [0.05, 0.1) is 0 Å². The van der Waals surface area contributed by atoms with Crippen molar-refractivity contribution in [2.75, 3.05) is 0 Å². The highest BCUT2D eigenvalue weighted by atomic mass is 35.5. The molecule has 0 aliphatic heterocycles. The van der Waals surface area contributed by atoms with Crippen molar-refractivity contribution in [1.82, 2.24) is 4.98 Å². The van der Waals surface area contributed by atoms with Crippen molar-refractivity contribution >= 4 is 11.6 Å². The Kier molecular flexibility index (Phi) is 2.99. The molecule has 0 saturated carbocycles. The van der Waals surface area contributed by atoms with E-state index in [1.165, 1.54) is 0 Å². The second kappa shape index (κ2) is 4.43. The van der Waals surface area contributed by atoms with Gasteiger partial charge in [-0.15, -0.1) is 0 Å². The molecule has 2 rings (SSSR count). The lowest BCUT2D eigenvalue weighted by atomic mass is 10.0. The van der Waals surface area contributed by atoms with Gasteiger partial charge in [0.15, 0.2) is 0 Å². The summed E-state index contributed by atoms with van der Waals surface area (Å²) in [5.41, 5.74) is 8.92. The minimum atomic E-state index is 0.492. The predicted octanol–water partition coefficient (Wildman–Crippen LogP) is 2.86. The van der Waals surface area contributed by atoms with Crippen molar-refractivity contribution in [3.63, 3.8) is 0 Å². The molecular formula is C12H11ClN2. The third kappa shape index (κ3) is 2.17. The van der Waals surface area contributed by atoms with Gasteiger partial charge in [-0.3, -0.25) is 4.98 Å². The van der Waals surface area contributed by atoms with Crippen LogP contribution in [0.5, 0.6) is 0 Å². The molecule has 0 atom stereocenters. The van der Waals surface area contributed by atoms with E-state index >= 15 is 0 Å². The van der Waals surface area contributed by atoms with E-state index in [-0.39, 0.29) is 0 Å². The first kappa shape index (κ1) is 10.1. The molecule has 0 spiro atoms. The lowest BCUT2D eigenvalue weighted by Gasteiger charge is -2.06. The first-order chi connectivity index (χ1) is 7.31. The number of halogens is 1. The molecule has 15 heavy (non-hydrogen) atoms. The van der Waals surface area contributed by atoms with Crippen molar-refractivity contribution in [3.8, 4) is 11.1 Å². The van der Waals surface area contributed by atoms with Crippen LogP contribution in [-0.2, 0) is 6.54 Å². The van der Waals surface area contributed by atoms with E-state index in [0.29, 0.717) is 6.54 Å². The summed E-state index contributed by atoms with van der Waals surface area (Å²) in [6, 6.07) is 9.67. The summed E-state index contributed by atoms with van der Waals surface area (Å²) in [6.07, 6.45) is 3.56. The van der Waals surface area contributed by atoms with Crippen molar-refractivity contribution in [2.45, 2.75) is 6.54 Å². The van der Waals surface area contributed by atoms with Gasteiger partial charge in [-0.25, -0.2) is 0 Å². The summed E-state index contributed by atoms with van der Waals surface area (Å²) >= 11 is 5.84. The summed E-state index contributed by atoms with van der Waals surface area (Å²) in [5, 5.41) is 0.738. The van der Waals surface area contributed by atoms with Crippen LogP contribution < -0.4 is 5.73 Å². The van der Waals surface area contributed by atoms with E-state index in [0.717, 1.165) is 21.7 Å². The number of pyridine rings is 1. The Morgan fingerprint density at radius 3 is 2.53 bits per heavy atom. The van der Waals surface area contributed by atoms with Crippen LogP contribution in [0.4, 0.5) is 0 Å². The second-order valence-electron chi connectivity index (χ2n) is 3.24. The maximum Gasteiger partial charge on any atom is 0.0406 e. The molecule has 2 aromatic rings. The van der Waals surface area contributed by atoms with Crippen LogP contribution in [0.25, 0.3) is 11.1 Å². The van der Waals surface area contributed by atoms with Gasteiger partial charge in [0.1, 0.15) is 0 Å². The summed E-state index contributed by atoms with van der Waals surface area (Å²) in [5.74, 6) is 0. The Morgan fingerprint density at radius 2 is 1.87 bits per heavy atom. The standard InChI is InChI=1S/C12H11ClN2/c13-11-3-1-9(2-4-11)12-5-6-15-8-10(12)7-14/h1-6,8H,7,14H2. The van der Waals surface area contributed by atoms with Gasteiger partial charge in [0.2, 0.25) is 0 Å².